The van der Waals surface area contributed by atoms with Crippen LogP contribution in [-0.2, 0) is 6.18 Å². The summed E-state index contributed by atoms with van der Waals surface area (Å²) in [5.41, 5.74) is 2.90. The SMILES string of the molecule is COc1nccc2c(-n3nc(-c4nc(-n5cncn5)c(Cl)s4)c(C(N)=O)c3C(F)(F)F)cccc12. The molecule has 5 aromatic rings. The first-order chi connectivity index (χ1) is 16.7. The van der Waals surface area contributed by atoms with Crippen LogP contribution in [0.5, 0.6) is 5.88 Å². The summed E-state index contributed by atoms with van der Waals surface area (Å²) in [4.78, 5) is 24.5. The number of hydrogen-bond acceptors (Lipinski definition) is 8. The summed E-state index contributed by atoms with van der Waals surface area (Å²) in [5, 5.41) is 8.83. The molecule has 0 aliphatic carbocycles. The summed E-state index contributed by atoms with van der Waals surface area (Å²) in [5.74, 6) is -1.00. The highest BCUT2D eigenvalue weighted by Crippen LogP contribution is 2.42. The molecular weight excluding hydrogens is 509 g/mol. The fourth-order valence-electron chi connectivity index (χ4n) is 3.60. The number of carbonyl (C=O) groups excluding carboxylic acids is 1. The van der Waals surface area contributed by atoms with Gasteiger partial charge in [-0.3, -0.25) is 4.79 Å². The van der Waals surface area contributed by atoms with E-state index in [4.69, 9.17) is 22.1 Å². The largest absolute Gasteiger partial charge is 0.481 e. The minimum atomic E-state index is -5.00. The third-order valence-corrected chi connectivity index (χ3v) is 6.22. The number of nitrogens with two attached hydrogens (primary N) is 1. The highest BCUT2D eigenvalue weighted by atomic mass is 35.5. The number of nitrogens with zero attached hydrogens (tertiary/aromatic N) is 7. The Bertz CT molecular complexity index is 1580. The quantitative estimate of drug-likeness (QED) is 0.372. The van der Waals surface area contributed by atoms with Gasteiger partial charge in [0, 0.05) is 17.0 Å². The molecule has 0 aliphatic rings. The maximum atomic E-state index is 14.4. The Morgan fingerprint density at radius 1 is 1.23 bits per heavy atom. The molecule has 178 valence electrons. The van der Waals surface area contributed by atoms with Crippen LogP contribution >= 0.6 is 22.9 Å². The van der Waals surface area contributed by atoms with Crippen molar-refractivity contribution in [2.75, 3.05) is 7.11 Å². The van der Waals surface area contributed by atoms with Gasteiger partial charge in [-0.05, 0) is 18.2 Å². The first-order valence-electron chi connectivity index (χ1n) is 9.64. The van der Waals surface area contributed by atoms with Gasteiger partial charge >= 0.3 is 6.18 Å². The van der Waals surface area contributed by atoms with Crippen LogP contribution in [0.15, 0.2) is 43.1 Å². The van der Waals surface area contributed by atoms with Crippen molar-refractivity contribution in [3.05, 3.63) is 58.7 Å². The molecule has 0 fully saturated rings. The van der Waals surface area contributed by atoms with Crippen molar-refractivity contribution in [3.63, 3.8) is 0 Å². The number of halogens is 4. The van der Waals surface area contributed by atoms with Gasteiger partial charge in [0.25, 0.3) is 5.91 Å². The number of aromatic nitrogens is 7. The molecule has 10 nitrogen and oxygen atoms in total. The summed E-state index contributed by atoms with van der Waals surface area (Å²) in [7, 11) is 1.39. The molecular formula is C20H12ClF3N8O2S. The zero-order valence-corrected chi connectivity index (χ0v) is 19.1. The molecule has 15 heteroatoms. The molecule has 0 spiro atoms. The number of alkyl halides is 3. The first kappa shape index (κ1) is 22.7. The molecule has 0 aliphatic heterocycles. The smallest absolute Gasteiger partial charge is 0.434 e. The van der Waals surface area contributed by atoms with E-state index < -0.39 is 23.3 Å². The average molecular weight is 521 g/mol. The molecule has 1 aromatic carbocycles. The van der Waals surface area contributed by atoms with Crippen LogP contribution in [0, 0.1) is 0 Å². The molecule has 2 N–H and O–H groups in total. The Labute approximate surface area is 202 Å². The van der Waals surface area contributed by atoms with E-state index in [2.05, 4.69) is 25.1 Å². The zero-order chi connectivity index (χ0) is 24.9. The standard InChI is InChI=1S/C20H12ClF3N8O2S/c1-34-18-10-3-2-4-11(9(10)5-6-27-18)32-14(20(22,23)24)12(16(25)33)13(30-32)19-29-17(15(21)35-19)31-8-26-7-28-31/h2-8H,1H3,(H2,25,33). The highest BCUT2D eigenvalue weighted by molar-refractivity contribution is 7.19. The predicted molar refractivity (Wildman–Crippen MR) is 120 cm³/mol. The topological polar surface area (TPSA) is 127 Å². The van der Waals surface area contributed by atoms with E-state index in [0.29, 0.717) is 15.5 Å². The molecule has 0 atom stereocenters. The third kappa shape index (κ3) is 3.76. The number of ether oxygens (including phenoxy) is 1. The van der Waals surface area contributed by atoms with E-state index in [9.17, 15) is 18.0 Å². The lowest BCUT2D eigenvalue weighted by Crippen LogP contribution is -2.21. The molecule has 1 amide bonds. The summed E-state index contributed by atoms with van der Waals surface area (Å²) in [6.45, 7) is 0. The minimum Gasteiger partial charge on any atom is -0.481 e. The van der Waals surface area contributed by atoms with Crippen LogP contribution in [0.25, 0.3) is 33.0 Å². The monoisotopic (exact) mass is 520 g/mol. The molecule has 0 saturated carbocycles. The number of primary amides is 1. The second-order valence-electron chi connectivity index (χ2n) is 6.99. The van der Waals surface area contributed by atoms with Gasteiger partial charge in [-0.2, -0.15) is 23.4 Å². The lowest BCUT2D eigenvalue weighted by atomic mass is 10.1. The summed E-state index contributed by atoms with van der Waals surface area (Å²) in [6, 6.07) is 6.11. The average Bonchev–Trinajstić information content (AvgIpc) is 3.55. The van der Waals surface area contributed by atoms with E-state index in [1.54, 1.807) is 6.07 Å². The lowest BCUT2D eigenvalue weighted by molar-refractivity contribution is -0.143. The van der Waals surface area contributed by atoms with Crippen molar-refractivity contribution in [1.82, 2.24) is 34.5 Å². The summed E-state index contributed by atoms with van der Waals surface area (Å²) < 4.78 is 50.3. The molecule has 4 heterocycles. The Kier molecular flexibility index (Phi) is 5.40. The molecule has 0 unspecified atom stereocenters. The minimum absolute atomic E-state index is 0.0310. The second-order valence-corrected chi connectivity index (χ2v) is 8.60. The zero-order valence-electron chi connectivity index (χ0n) is 17.5. The Hall–Kier alpha value is -4.04. The van der Waals surface area contributed by atoms with Crippen LogP contribution < -0.4 is 10.5 Å². The molecule has 0 bridgehead atoms. The maximum Gasteiger partial charge on any atom is 0.434 e. The van der Waals surface area contributed by atoms with Gasteiger partial charge in [0.15, 0.2) is 11.5 Å². The van der Waals surface area contributed by atoms with Crippen molar-refractivity contribution >= 4 is 39.6 Å². The summed E-state index contributed by atoms with van der Waals surface area (Å²) in [6.07, 6.45) is -1.05. The van der Waals surface area contributed by atoms with E-state index in [0.717, 1.165) is 11.3 Å². The predicted octanol–water partition coefficient (Wildman–Crippen LogP) is 3.90. The van der Waals surface area contributed by atoms with Gasteiger partial charge < -0.3 is 10.5 Å². The summed E-state index contributed by atoms with van der Waals surface area (Å²) >= 11 is 7.08. The Morgan fingerprint density at radius 2 is 2.03 bits per heavy atom. The number of benzene rings is 1. The molecule has 5 rings (SSSR count). The van der Waals surface area contributed by atoms with Crippen molar-refractivity contribution in [2.45, 2.75) is 6.18 Å². The van der Waals surface area contributed by atoms with Crippen molar-refractivity contribution in [2.24, 2.45) is 5.73 Å². The third-order valence-electron chi connectivity index (χ3n) is 4.98. The van der Waals surface area contributed by atoms with Crippen molar-refractivity contribution in [3.8, 4) is 28.1 Å². The number of fused-ring (bicyclic) bond motifs is 1. The number of carbonyl (C=O) groups is 1. The Balaban J connectivity index is 1.82. The van der Waals surface area contributed by atoms with Gasteiger partial charge in [0.05, 0.1) is 12.8 Å². The van der Waals surface area contributed by atoms with Crippen molar-refractivity contribution < 1.29 is 22.7 Å². The fourth-order valence-corrected chi connectivity index (χ4v) is 4.72. The van der Waals surface area contributed by atoms with Gasteiger partial charge in [0.2, 0.25) is 5.88 Å². The number of rotatable bonds is 5. The van der Waals surface area contributed by atoms with Crippen LogP contribution in [-0.4, -0.2) is 47.5 Å². The first-order valence-corrected chi connectivity index (χ1v) is 10.8. The van der Waals surface area contributed by atoms with Gasteiger partial charge in [-0.15, -0.1) is 0 Å². The Morgan fingerprint density at radius 3 is 2.69 bits per heavy atom. The molecule has 35 heavy (non-hydrogen) atoms. The van der Waals surface area contributed by atoms with E-state index in [1.807, 2.05) is 0 Å². The van der Waals surface area contributed by atoms with Gasteiger partial charge in [-0.1, -0.05) is 29.0 Å². The number of pyridine rings is 1. The molecule has 0 radical (unpaired) electrons. The number of thiazole rings is 1. The van der Waals surface area contributed by atoms with E-state index >= 15 is 0 Å². The fraction of sp³-hybridized carbons (Fsp3) is 0.100. The normalized spacial score (nSPS) is 11.8. The van der Waals surface area contributed by atoms with Gasteiger partial charge in [0.1, 0.15) is 33.3 Å². The highest BCUT2D eigenvalue weighted by Gasteiger charge is 2.43. The lowest BCUT2D eigenvalue weighted by Gasteiger charge is -2.14. The van der Waals surface area contributed by atoms with E-state index in [-0.39, 0.29) is 32.4 Å². The van der Waals surface area contributed by atoms with Crippen LogP contribution in [0.4, 0.5) is 13.2 Å². The number of methoxy groups -OCH3 is 1. The number of amides is 1. The molecule has 0 saturated heterocycles. The molecule has 4 aromatic heterocycles. The maximum absolute atomic E-state index is 14.4. The second kappa shape index (κ2) is 8.32. The van der Waals surface area contributed by atoms with Gasteiger partial charge in [-0.25, -0.2) is 24.3 Å². The van der Waals surface area contributed by atoms with Crippen LogP contribution in [0.1, 0.15) is 16.1 Å². The van der Waals surface area contributed by atoms with Crippen LogP contribution in [0.3, 0.4) is 0 Å². The van der Waals surface area contributed by atoms with Crippen LogP contribution in [0.2, 0.25) is 4.34 Å². The number of hydrogen-bond donors (Lipinski definition) is 1. The van der Waals surface area contributed by atoms with E-state index in [1.165, 1.54) is 48.8 Å². The van der Waals surface area contributed by atoms with Crippen molar-refractivity contribution in [1.29, 1.82) is 0 Å².